The van der Waals surface area contributed by atoms with E-state index in [4.69, 9.17) is 4.74 Å². The lowest BCUT2D eigenvalue weighted by molar-refractivity contribution is 0.250. The summed E-state index contributed by atoms with van der Waals surface area (Å²) in [5.74, 6) is 1.89. The van der Waals surface area contributed by atoms with E-state index < -0.39 is 0 Å². The van der Waals surface area contributed by atoms with Gasteiger partial charge in [0.25, 0.3) is 0 Å². The molecular weight excluding hydrogens is 326 g/mol. The van der Waals surface area contributed by atoms with Gasteiger partial charge in [0.15, 0.2) is 0 Å². The number of piperidine rings is 1. The van der Waals surface area contributed by atoms with Gasteiger partial charge < -0.3 is 10.1 Å². The lowest BCUT2D eigenvalue weighted by Crippen LogP contribution is -2.28. The van der Waals surface area contributed by atoms with Crippen molar-refractivity contribution in [3.8, 4) is 5.75 Å². The van der Waals surface area contributed by atoms with Crippen LogP contribution < -0.4 is 10.1 Å². The Bertz CT molecular complexity index is 380. The van der Waals surface area contributed by atoms with Gasteiger partial charge in [-0.05, 0) is 68.5 Å². The SMILES string of the molecule is CCc1cc(Br)ccc1OCCC1CCNCC1.Cl. The Morgan fingerprint density at radius 2 is 2.05 bits per heavy atom. The first kappa shape index (κ1) is 16.8. The highest BCUT2D eigenvalue weighted by Gasteiger charge is 2.13. The number of benzene rings is 1. The van der Waals surface area contributed by atoms with E-state index in [0.717, 1.165) is 29.2 Å². The number of ether oxygens (including phenoxy) is 1. The Balaban J connectivity index is 0.00000180. The van der Waals surface area contributed by atoms with Crippen LogP contribution in [0.5, 0.6) is 5.75 Å². The standard InChI is InChI=1S/C15H22BrNO.ClH/c1-2-13-11-14(16)3-4-15(13)18-10-7-12-5-8-17-9-6-12;/h3-4,11-12,17H,2,5-10H2,1H3;1H. The maximum absolute atomic E-state index is 5.94. The lowest BCUT2D eigenvalue weighted by Gasteiger charge is -2.22. The average Bonchev–Trinajstić information content (AvgIpc) is 2.41. The zero-order valence-electron chi connectivity index (χ0n) is 11.5. The third-order valence-electron chi connectivity index (χ3n) is 3.65. The van der Waals surface area contributed by atoms with Gasteiger partial charge in [-0.1, -0.05) is 22.9 Å². The van der Waals surface area contributed by atoms with E-state index >= 15 is 0 Å². The van der Waals surface area contributed by atoms with Crippen LogP contribution in [0.1, 0.15) is 31.7 Å². The van der Waals surface area contributed by atoms with Crippen molar-refractivity contribution >= 4 is 28.3 Å². The first-order chi connectivity index (χ1) is 8.79. The molecule has 0 saturated carbocycles. The van der Waals surface area contributed by atoms with Crippen molar-refractivity contribution in [2.24, 2.45) is 5.92 Å². The smallest absolute Gasteiger partial charge is 0.122 e. The van der Waals surface area contributed by atoms with Crippen molar-refractivity contribution in [2.75, 3.05) is 19.7 Å². The van der Waals surface area contributed by atoms with Gasteiger partial charge in [-0.25, -0.2) is 0 Å². The monoisotopic (exact) mass is 347 g/mol. The summed E-state index contributed by atoms with van der Waals surface area (Å²) < 4.78 is 7.07. The molecule has 1 fully saturated rings. The van der Waals surface area contributed by atoms with Gasteiger partial charge >= 0.3 is 0 Å². The molecule has 1 aromatic carbocycles. The van der Waals surface area contributed by atoms with Gasteiger partial charge in [-0.2, -0.15) is 0 Å². The van der Waals surface area contributed by atoms with Crippen LogP contribution >= 0.6 is 28.3 Å². The molecule has 0 radical (unpaired) electrons. The predicted molar refractivity (Wildman–Crippen MR) is 86.5 cm³/mol. The number of nitrogens with one attached hydrogen (secondary N) is 1. The zero-order chi connectivity index (χ0) is 12.8. The van der Waals surface area contributed by atoms with Crippen molar-refractivity contribution in [1.82, 2.24) is 5.32 Å². The Morgan fingerprint density at radius 3 is 2.74 bits per heavy atom. The van der Waals surface area contributed by atoms with Crippen LogP contribution in [0.25, 0.3) is 0 Å². The van der Waals surface area contributed by atoms with E-state index in [1.165, 1.54) is 37.9 Å². The molecule has 1 N–H and O–H groups in total. The molecule has 1 aliphatic rings. The number of hydrogen-bond donors (Lipinski definition) is 1. The van der Waals surface area contributed by atoms with E-state index in [1.54, 1.807) is 0 Å². The summed E-state index contributed by atoms with van der Waals surface area (Å²) in [7, 11) is 0. The van der Waals surface area contributed by atoms with E-state index in [9.17, 15) is 0 Å². The van der Waals surface area contributed by atoms with E-state index in [1.807, 2.05) is 0 Å². The normalized spacial score (nSPS) is 15.9. The van der Waals surface area contributed by atoms with Crippen LogP contribution in [0, 0.1) is 5.92 Å². The molecule has 0 amide bonds. The summed E-state index contributed by atoms with van der Waals surface area (Å²) in [6.45, 7) is 5.35. The molecule has 19 heavy (non-hydrogen) atoms. The molecule has 0 bridgehead atoms. The first-order valence-electron chi connectivity index (χ1n) is 6.91. The zero-order valence-corrected chi connectivity index (χ0v) is 13.9. The summed E-state index contributed by atoms with van der Waals surface area (Å²) in [5.41, 5.74) is 1.29. The van der Waals surface area contributed by atoms with Crippen molar-refractivity contribution < 1.29 is 4.74 Å². The van der Waals surface area contributed by atoms with Crippen LogP contribution in [0.4, 0.5) is 0 Å². The summed E-state index contributed by atoms with van der Waals surface area (Å²) in [5, 5.41) is 3.40. The molecule has 2 nitrogen and oxygen atoms in total. The summed E-state index contributed by atoms with van der Waals surface area (Å²) in [6.07, 6.45) is 4.79. The molecule has 4 heteroatoms. The molecule has 0 spiro atoms. The second-order valence-corrected chi connectivity index (χ2v) is 5.85. The molecule has 1 saturated heterocycles. The molecule has 1 aromatic rings. The van der Waals surface area contributed by atoms with Crippen molar-refractivity contribution in [2.45, 2.75) is 32.6 Å². The largest absolute Gasteiger partial charge is 0.493 e. The Labute approximate surface area is 130 Å². The van der Waals surface area contributed by atoms with Gasteiger partial charge in [0, 0.05) is 4.47 Å². The highest BCUT2D eigenvalue weighted by molar-refractivity contribution is 9.10. The summed E-state index contributed by atoms with van der Waals surface area (Å²) in [4.78, 5) is 0. The third-order valence-corrected chi connectivity index (χ3v) is 4.14. The predicted octanol–water partition coefficient (Wildman–Crippen LogP) is 4.20. The molecule has 0 atom stereocenters. The highest BCUT2D eigenvalue weighted by atomic mass is 79.9. The van der Waals surface area contributed by atoms with Gasteiger partial charge in [-0.3, -0.25) is 0 Å². The van der Waals surface area contributed by atoms with Gasteiger partial charge in [0.05, 0.1) is 6.61 Å². The molecule has 0 unspecified atom stereocenters. The Hall–Kier alpha value is -0.250. The van der Waals surface area contributed by atoms with E-state index in [2.05, 4.69) is 46.4 Å². The molecule has 0 aliphatic carbocycles. The Morgan fingerprint density at radius 1 is 1.32 bits per heavy atom. The fraction of sp³-hybridized carbons (Fsp3) is 0.600. The molecule has 1 heterocycles. The lowest BCUT2D eigenvalue weighted by atomic mass is 9.95. The molecule has 0 aromatic heterocycles. The van der Waals surface area contributed by atoms with Gasteiger partial charge in [0.1, 0.15) is 5.75 Å². The molecule has 2 rings (SSSR count). The minimum absolute atomic E-state index is 0. The van der Waals surface area contributed by atoms with Gasteiger partial charge in [0.2, 0.25) is 0 Å². The number of rotatable bonds is 5. The number of halogens is 2. The van der Waals surface area contributed by atoms with Crippen LogP contribution in [0.3, 0.4) is 0 Å². The number of aryl methyl sites for hydroxylation is 1. The quantitative estimate of drug-likeness (QED) is 0.861. The fourth-order valence-corrected chi connectivity index (χ4v) is 2.88. The topological polar surface area (TPSA) is 21.3 Å². The maximum Gasteiger partial charge on any atom is 0.122 e. The van der Waals surface area contributed by atoms with Crippen molar-refractivity contribution in [3.63, 3.8) is 0 Å². The van der Waals surface area contributed by atoms with Crippen LogP contribution in [0.2, 0.25) is 0 Å². The van der Waals surface area contributed by atoms with Gasteiger partial charge in [-0.15, -0.1) is 12.4 Å². The Kier molecular flexibility index (Phi) is 7.81. The number of hydrogen-bond acceptors (Lipinski definition) is 2. The summed E-state index contributed by atoms with van der Waals surface area (Å²) in [6, 6.07) is 6.28. The fourth-order valence-electron chi connectivity index (χ4n) is 2.47. The molecule has 1 aliphatic heterocycles. The van der Waals surface area contributed by atoms with Crippen molar-refractivity contribution in [3.05, 3.63) is 28.2 Å². The second-order valence-electron chi connectivity index (χ2n) is 4.94. The summed E-state index contributed by atoms with van der Waals surface area (Å²) >= 11 is 3.51. The van der Waals surface area contributed by atoms with E-state index in [0.29, 0.717) is 0 Å². The molecule has 108 valence electrons. The van der Waals surface area contributed by atoms with E-state index in [-0.39, 0.29) is 12.4 Å². The average molecular weight is 349 g/mol. The second kappa shape index (κ2) is 8.83. The minimum Gasteiger partial charge on any atom is -0.493 e. The van der Waals surface area contributed by atoms with Crippen LogP contribution in [-0.2, 0) is 6.42 Å². The third kappa shape index (κ3) is 5.33. The van der Waals surface area contributed by atoms with Crippen molar-refractivity contribution in [1.29, 1.82) is 0 Å². The first-order valence-corrected chi connectivity index (χ1v) is 7.71. The highest BCUT2D eigenvalue weighted by Crippen LogP contribution is 2.24. The van der Waals surface area contributed by atoms with Crippen LogP contribution in [0.15, 0.2) is 22.7 Å². The van der Waals surface area contributed by atoms with Crippen LogP contribution in [-0.4, -0.2) is 19.7 Å². The molecular formula is C15H23BrClNO. The minimum atomic E-state index is 0. The maximum atomic E-state index is 5.94.